The molecule has 0 fully saturated rings. The van der Waals surface area contributed by atoms with Crippen molar-refractivity contribution in [3.63, 3.8) is 0 Å². The van der Waals surface area contributed by atoms with Crippen LogP contribution < -0.4 is 0 Å². The number of rotatable bonds is 3. The van der Waals surface area contributed by atoms with Crippen molar-refractivity contribution in [2.75, 3.05) is 7.05 Å². The highest BCUT2D eigenvalue weighted by Gasteiger charge is 2.41. The fourth-order valence-corrected chi connectivity index (χ4v) is 3.78. The number of hydrogen-bond acceptors (Lipinski definition) is 4. The van der Waals surface area contributed by atoms with Crippen molar-refractivity contribution in [1.82, 2.24) is 10.0 Å². The highest BCUT2D eigenvalue weighted by atomic mass is 16.4. The maximum Gasteiger partial charge on any atom is 0.335 e. The molecule has 0 saturated heterocycles. The SMILES string of the molecule is CC1C(C(=O)O)=C(c2ccccc2)N(C2=CC(O)c3ccccc32)N1C. The van der Waals surface area contributed by atoms with E-state index in [2.05, 4.69) is 0 Å². The third kappa shape index (κ3) is 2.36. The molecular weight excluding hydrogens is 328 g/mol. The lowest BCUT2D eigenvalue weighted by Gasteiger charge is -2.33. The Morgan fingerprint density at radius 1 is 1.04 bits per heavy atom. The first-order valence-corrected chi connectivity index (χ1v) is 8.55. The molecule has 132 valence electrons. The molecule has 2 atom stereocenters. The topological polar surface area (TPSA) is 64.0 Å². The molecule has 2 N–H and O–H groups in total. The van der Waals surface area contributed by atoms with Gasteiger partial charge in [-0.2, -0.15) is 0 Å². The van der Waals surface area contributed by atoms with Crippen LogP contribution in [-0.4, -0.2) is 39.3 Å². The summed E-state index contributed by atoms with van der Waals surface area (Å²) in [4.78, 5) is 12.0. The molecule has 2 aliphatic rings. The van der Waals surface area contributed by atoms with Crippen molar-refractivity contribution in [3.05, 3.63) is 82.9 Å². The maximum atomic E-state index is 12.0. The summed E-state index contributed by atoms with van der Waals surface area (Å²) in [6, 6.07) is 16.9. The second kappa shape index (κ2) is 6.12. The van der Waals surface area contributed by atoms with Crippen LogP contribution in [0.1, 0.15) is 29.7 Å². The number of carboxylic acids is 1. The van der Waals surface area contributed by atoms with Crippen LogP contribution in [-0.2, 0) is 4.79 Å². The first-order chi connectivity index (χ1) is 12.5. The summed E-state index contributed by atoms with van der Waals surface area (Å²) in [5.41, 5.74) is 4.37. The van der Waals surface area contributed by atoms with E-state index in [0.29, 0.717) is 11.3 Å². The standard InChI is InChI=1S/C21H20N2O3/c1-13-19(21(25)26)20(14-8-4-3-5-9-14)23(22(13)2)17-12-18(24)16-11-7-6-10-15(16)17/h3-13,18,24H,1-2H3,(H,25,26). The van der Waals surface area contributed by atoms with Gasteiger partial charge in [0.15, 0.2) is 0 Å². The van der Waals surface area contributed by atoms with Crippen molar-refractivity contribution >= 4 is 17.4 Å². The number of aliphatic hydroxyl groups excluding tert-OH is 1. The van der Waals surface area contributed by atoms with E-state index in [1.54, 1.807) is 6.08 Å². The van der Waals surface area contributed by atoms with Gasteiger partial charge in [0, 0.05) is 18.2 Å². The van der Waals surface area contributed by atoms with Gasteiger partial charge in [-0.25, -0.2) is 9.80 Å². The predicted molar refractivity (Wildman–Crippen MR) is 99.4 cm³/mol. The predicted octanol–water partition coefficient (Wildman–Crippen LogP) is 3.12. The Kier molecular flexibility index (Phi) is 3.90. The Bertz CT molecular complexity index is 933. The number of carbonyl (C=O) groups is 1. The van der Waals surface area contributed by atoms with Gasteiger partial charge in [0.05, 0.1) is 23.0 Å². The van der Waals surface area contributed by atoms with Gasteiger partial charge in [-0.3, -0.25) is 5.01 Å². The maximum absolute atomic E-state index is 12.0. The molecule has 1 aliphatic carbocycles. The van der Waals surface area contributed by atoms with E-state index in [4.69, 9.17) is 0 Å². The Hall–Kier alpha value is -2.89. The Labute approximate surface area is 152 Å². The molecule has 0 bridgehead atoms. The number of carboxylic acid groups (broad SMARTS) is 1. The minimum Gasteiger partial charge on any atom is -0.478 e. The molecule has 1 heterocycles. The normalized spacial score (nSPS) is 22.6. The summed E-state index contributed by atoms with van der Waals surface area (Å²) in [6.07, 6.45) is 1.08. The molecule has 0 radical (unpaired) electrons. The number of aliphatic carboxylic acids is 1. The van der Waals surface area contributed by atoms with E-state index in [1.165, 1.54) is 0 Å². The molecule has 2 aromatic rings. The Balaban J connectivity index is 1.93. The van der Waals surface area contributed by atoms with Gasteiger partial charge in [-0.15, -0.1) is 0 Å². The number of hydrogen-bond donors (Lipinski definition) is 2. The van der Waals surface area contributed by atoms with Crippen LogP contribution in [0.15, 0.2) is 66.2 Å². The first kappa shape index (κ1) is 16.6. The van der Waals surface area contributed by atoms with Crippen LogP contribution in [0.25, 0.3) is 11.4 Å². The second-order valence-corrected chi connectivity index (χ2v) is 6.58. The minimum absolute atomic E-state index is 0.298. The van der Waals surface area contributed by atoms with Crippen LogP contribution in [0, 0.1) is 0 Å². The molecule has 1 aliphatic heterocycles. The average Bonchev–Trinajstić information content (AvgIpc) is 3.11. The third-order valence-corrected chi connectivity index (χ3v) is 5.14. The summed E-state index contributed by atoms with van der Waals surface area (Å²) in [7, 11) is 1.87. The summed E-state index contributed by atoms with van der Waals surface area (Å²) < 4.78 is 0. The second-order valence-electron chi connectivity index (χ2n) is 6.58. The van der Waals surface area contributed by atoms with Crippen molar-refractivity contribution in [3.8, 4) is 0 Å². The lowest BCUT2D eigenvalue weighted by atomic mass is 10.0. The number of nitrogens with zero attached hydrogens (tertiary/aromatic N) is 2. The van der Waals surface area contributed by atoms with Gasteiger partial charge in [0.25, 0.3) is 0 Å². The highest BCUT2D eigenvalue weighted by Crippen LogP contribution is 2.45. The molecule has 26 heavy (non-hydrogen) atoms. The van der Waals surface area contributed by atoms with Crippen LogP contribution in [0.3, 0.4) is 0 Å². The number of likely N-dealkylation sites (N-methyl/N-ethyl adjacent to an activating group) is 1. The largest absolute Gasteiger partial charge is 0.478 e. The molecule has 2 unspecified atom stereocenters. The van der Waals surface area contributed by atoms with E-state index >= 15 is 0 Å². The van der Waals surface area contributed by atoms with Crippen molar-refractivity contribution in [2.24, 2.45) is 0 Å². The fraction of sp³-hybridized carbons (Fsp3) is 0.190. The van der Waals surface area contributed by atoms with Gasteiger partial charge >= 0.3 is 5.97 Å². The molecule has 0 spiro atoms. The molecule has 0 aromatic heterocycles. The van der Waals surface area contributed by atoms with Crippen LogP contribution in [0.4, 0.5) is 0 Å². The monoisotopic (exact) mass is 348 g/mol. The Morgan fingerprint density at radius 2 is 1.69 bits per heavy atom. The van der Waals surface area contributed by atoms with Crippen molar-refractivity contribution in [1.29, 1.82) is 0 Å². The van der Waals surface area contributed by atoms with Crippen LogP contribution in [0.5, 0.6) is 0 Å². The van der Waals surface area contributed by atoms with Gasteiger partial charge in [0.2, 0.25) is 0 Å². The lowest BCUT2D eigenvalue weighted by molar-refractivity contribution is -0.133. The molecule has 0 saturated carbocycles. The zero-order chi connectivity index (χ0) is 18.4. The molecule has 0 amide bonds. The third-order valence-electron chi connectivity index (χ3n) is 5.14. The van der Waals surface area contributed by atoms with E-state index in [1.807, 2.05) is 78.6 Å². The van der Waals surface area contributed by atoms with Crippen molar-refractivity contribution in [2.45, 2.75) is 19.1 Å². The molecule has 2 aromatic carbocycles. The summed E-state index contributed by atoms with van der Waals surface area (Å²) in [5, 5.41) is 24.1. The van der Waals surface area contributed by atoms with Crippen molar-refractivity contribution < 1.29 is 15.0 Å². The smallest absolute Gasteiger partial charge is 0.335 e. The van der Waals surface area contributed by atoms with Crippen LogP contribution in [0.2, 0.25) is 0 Å². The minimum atomic E-state index is -0.932. The molecule has 5 nitrogen and oxygen atoms in total. The summed E-state index contributed by atoms with van der Waals surface area (Å²) in [5.74, 6) is -0.932. The number of benzene rings is 2. The van der Waals surface area contributed by atoms with E-state index < -0.39 is 12.1 Å². The van der Waals surface area contributed by atoms with E-state index in [9.17, 15) is 15.0 Å². The fourth-order valence-electron chi connectivity index (χ4n) is 3.78. The van der Waals surface area contributed by atoms with Gasteiger partial charge in [-0.05, 0) is 18.6 Å². The first-order valence-electron chi connectivity index (χ1n) is 8.55. The van der Waals surface area contributed by atoms with E-state index in [0.717, 1.165) is 22.4 Å². The van der Waals surface area contributed by atoms with E-state index in [-0.39, 0.29) is 6.04 Å². The number of fused-ring (bicyclic) bond motifs is 1. The van der Waals surface area contributed by atoms with Gasteiger partial charge < -0.3 is 10.2 Å². The molecule has 4 rings (SSSR count). The summed E-state index contributed by atoms with van der Waals surface area (Å²) in [6.45, 7) is 1.88. The molecule has 5 heteroatoms. The zero-order valence-corrected chi connectivity index (χ0v) is 14.6. The van der Waals surface area contributed by atoms with Gasteiger partial charge in [-0.1, -0.05) is 54.6 Å². The quantitative estimate of drug-likeness (QED) is 0.892. The Morgan fingerprint density at radius 3 is 2.38 bits per heavy atom. The average molecular weight is 348 g/mol. The number of hydrazine groups is 1. The molecular formula is C21H20N2O3. The highest BCUT2D eigenvalue weighted by molar-refractivity contribution is 6.00. The summed E-state index contributed by atoms with van der Waals surface area (Å²) >= 11 is 0. The van der Waals surface area contributed by atoms with Gasteiger partial charge in [0.1, 0.15) is 6.10 Å². The van der Waals surface area contributed by atoms with Crippen LogP contribution >= 0.6 is 0 Å². The zero-order valence-electron chi connectivity index (χ0n) is 14.6. The lowest BCUT2D eigenvalue weighted by Crippen LogP contribution is -2.37. The number of aliphatic hydroxyl groups is 1.